The first-order valence-corrected chi connectivity index (χ1v) is 6.50. The molecule has 0 aliphatic rings. The summed E-state index contributed by atoms with van der Waals surface area (Å²) in [4.78, 5) is 5.32. The van der Waals surface area contributed by atoms with Crippen molar-refractivity contribution in [1.82, 2.24) is 5.48 Å². The fourth-order valence-electron chi connectivity index (χ4n) is 1.79. The van der Waals surface area contributed by atoms with Crippen LogP contribution >= 0.6 is 0 Å². The molecule has 106 valence electrons. The van der Waals surface area contributed by atoms with Crippen molar-refractivity contribution < 1.29 is 14.7 Å². The first-order chi connectivity index (χ1) is 9.79. The Labute approximate surface area is 118 Å². The van der Waals surface area contributed by atoms with Gasteiger partial charge in [0.25, 0.3) is 0 Å². The van der Waals surface area contributed by atoms with Crippen LogP contribution in [0.25, 0.3) is 0 Å². The number of ether oxygens (including phenoxy) is 1. The minimum atomic E-state index is -0.614. The Hall–Kier alpha value is -1.88. The van der Waals surface area contributed by atoms with E-state index in [1.165, 1.54) is 0 Å². The van der Waals surface area contributed by atoms with Gasteiger partial charge in [-0.15, -0.1) is 0 Å². The number of hydroxylamine groups is 1. The first kappa shape index (κ1) is 14.5. The lowest BCUT2D eigenvalue weighted by atomic mass is 10.1. The van der Waals surface area contributed by atoms with Crippen molar-refractivity contribution in [3.63, 3.8) is 0 Å². The monoisotopic (exact) mass is 273 g/mol. The maximum atomic E-state index is 10.00. The molecule has 0 aliphatic carbocycles. The molecular weight excluding hydrogens is 254 g/mol. The molecule has 0 amide bonds. The highest BCUT2D eigenvalue weighted by molar-refractivity contribution is 5.28. The van der Waals surface area contributed by atoms with Gasteiger partial charge in [-0.05, 0) is 23.3 Å². The molecule has 0 radical (unpaired) electrons. The summed E-state index contributed by atoms with van der Waals surface area (Å²) in [5.41, 5.74) is 4.68. The molecule has 1 unspecified atom stereocenters. The summed E-state index contributed by atoms with van der Waals surface area (Å²) >= 11 is 0. The molecular formula is C16H19NO3. The van der Waals surface area contributed by atoms with Crippen LogP contribution in [0.5, 0.6) is 5.75 Å². The Balaban J connectivity index is 1.73. The predicted octanol–water partition coefficient (Wildman–Crippen LogP) is 2.45. The van der Waals surface area contributed by atoms with Crippen LogP contribution in [-0.4, -0.2) is 18.8 Å². The topological polar surface area (TPSA) is 50.7 Å². The van der Waals surface area contributed by atoms with Gasteiger partial charge < -0.3 is 9.84 Å². The number of aliphatic hydroxyl groups excluding tert-OH is 1. The fourth-order valence-corrected chi connectivity index (χ4v) is 1.79. The molecule has 0 bridgehead atoms. The maximum absolute atomic E-state index is 10.00. The highest BCUT2D eigenvalue weighted by atomic mass is 16.6. The van der Waals surface area contributed by atoms with Crippen LogP contribution in [0, 0.1) is 0 Å². The number of hydrogen-bond donors (Lipinski definition) is 2. The van der Waals surface area contributed by atoms with E-state index in [0.717, 1.165) is 16.9 Å². The van der Waals surface area contributed by atoms with Crippen molar-refractivity contribution in [3.8, 4) is 5.75 Å². The molecule has 0 fully saturated rings. The van der Waals surface area contributed by atoms with Crippen LogP contribution in [-0.2, 0) is 11.4 Å². The average Bonchev–Trinajstić information content (AvgIpc) is 2.52. The van der Waals surface area contributed by atoms with E-state index in [-0.39, 0.29) is 0 Å². The third-order valence-electron chi connectivity index (χ3n) is 2.96. The molecule has 2 N–H and O–H groups in total. The lowest BCUT2D eigenvalue weighted by molar-refractivity contribution is 0.00269. The van der Waals surface area contributed by atoms with Gasteiger partial charge in [-0.3, -0.25) is 4.84 Å². The molecule has 4 heteroatoms. The quantitative estimate of drug-likeness (QED) is 0.601. The normalized spacial score (nSPS) is 12.1. The summed E-state index contributed by atoms with van der Waals surface area (Å²) in [6, 6.07) is 17.2. The van der Waals surface area contributed by atoms with Gasteiger partial charge in [0.2, 0.25) is 0 Å². The van der Waals surface area contributed by atoms with Crippen molar-refractivity contribution in [1.29, 1.82) is 0 Å². The zero-order chi connectivity index (χ0) is 14.2. The standard InChI is InChI=1S/C16H19NO3/c1-19-15-9-7-14(8-10-15)16(18)11-17-20-12-13-5-3-2-4-6-13/h2-10,16-18H,11-12H2,1H3. The number of methoxy groups -OCH3 is 1. The van der Waals surface area contributed by atoms with Crippen molar-refractivity contribution in [2.75, 3.05) is 13.7 Å². The van der Waals surface area contributed by atoms with E-state index in [1.54, 1.807) is 7.11 Å². The molecule has 2 rings (SSSR count). The third kappa shape index (κ3) is 4.35. The smallest absolute Gasteiger partial charge is 0.118 e. The van der Waals surface area contributed by atoms with Crippen LogP contribution in [0.15, 0.2) is 54.6 Å². The Morgan fingerprint density at radius 2 is 1.75 bits per heavy atom. The number of rotatable bonds is 7. The van der Waals surface area contributed by atoms with Crippen molar-refractivity contribution >= 4 is 0 Å². The molecule has 0 saturated carbocycles. The van der Waals surface area contributed by atoms with Gasteiger partial charge in [-0.1, -0.05) is 42.5 Å². The van der Waals surface area contributed by atoms with Crippen LogP contribution in [0.1, 0.15) is 17.2 Å². The Bertz CT molecular complexity index is 499. The van der Waals surface area contributed by atoms with Gasteiger partial charge in [-0.25, -0.2) is 0 Å². The van der Waals surface area contributed by atoms with E-state index in [0.29, 0.717) is 13.2 Å². The van der Waals surface area contributed by atoms with Gasteiger partial charge in [0.1, 0.15) is 5.75 Å². The molecule has 4 nitrogen and oxygen atoms in total. The molecule has 1 atom stereocenters. The number of nitrogens with one attached hydrogen (secondary N) is 1. The van der Waals surface area contributed by atoms with Crippen LogP contribution in [0.2, 0.25) is 0 Å². The summed E-state index contributed by atoms with van der Waals surface area (Å²) in [6.45, 7) is 0.801. The van der Waals surface area contributed by atoms with Gasteiger partial charge >= 0.3 is 0 Å². The predicted molar refractivity (Wildman–Crippen MR) is 77.2 cm³/mol. The summed E-state index contributed by atoms with van der Waals surface area (Å²) in [5.74, 6) is 0.772. The zero-order valence-corrected chi connectivity index (χ0v) is 11.5. The third-order valence-corrected chi connectivity index (χ3v) is 2.96. The highest BCUT2D eigenvalue weighted by Crippen LogP contribution is 2.16. The number of aliphatic hydroxyl groups is 1. The minimum Gasteiger partial charge on any atom is -0.497 e. The second kappa shape index (κ2) is 7.65. The van der Waals surface area contributed by atoms with Gasteiger partial charge in [-0.2, -0.15) is 5.48 Å². The fraction of sp³-hybridized carbons (Fsp3) is 0.250. The average molecular weight is 273 g/mol. The lowest BCUT2D eigenvalue weighted by Crippen LogP contribution is -2.21. The van der Waals surface area contributed by atoms with Crippen molar-refractivity contribution in [2.24, 2.45) is 0 Å². The number of benzene rings is 2. The van der Waals surface area contributed by atoms with E-state index in [9.17, 15) is 5.11 Å². The first-order valence-electron chi connectivity index (χ1n) is 6.50. The molecule has 0 aliphatic heterocycles. The van der Waals surface area contributed by atoms with Crippen LogP contribution in [0.3, 0.4) is 0 Å². The molecule has 0 spiro atoms. The highest BCUT2D eigenvalue weighted by Gasteiger charge is 2.07. The largest absolute Gasteiger partial charge is 0.497 e. The Kier molecular flexibility index (Phi) is 5.55. The lowest BCUT2D eigenvalue weighted by Gasteiger charge is -2.12. The van der Waals surface area contributed by atoms with Gasteiger partial charge in [0, 0.05) is 0 Å². The second-order valence-electron chi connectivity index (χ2n) is 4.41. The maximum Gasteiger partial charge on any atom is 0.118 e. The summed E-state index contributed by atoms with van der Waals surface area (Å²) in [7, 11) is 1.62. The zero-order valence-electron chi connectivity index (χ0n) is 11.5. The van der Waals surface area contributed by atoms with E-state index >= 15 is 0 Å². The van der Waals surface area contributed by atoms with Gasteiger partial charge in [0.15, 0.2) is 0 Å². The molecule has 0 saturated heterocycles. The van der Waals surface area contributed by atoms with E-state index in [4.69, 9.17) is 9.57 Å². The summed E-state index contributed by atoms with van der Waals surface area (Å²) in [6.07, 6.45) is -0.614. The number of hydrogen-bond acceptors (Lipinski definition) is 4. The molecule has 2 aromatic carbocycles. The van der Waals surface area contributed by atoms with Gasteiger partial charge in [0.05, 0.1) is 26.4 Å². The molecule has 2 aromatic rings. The molecule has 0 aromatic heterocycles. The van der Waals surface area contributed by atoms with Crippen molar-refractivity contribution in [3.05, 3.63) is 65.7 Å². The van der Waals surface area contributed by atoms with Crippen LogP contribution < -0.4 is 10.2 Å². The SMILES string of the molecule is COc1ccc(C(O)CNOCc2ccccc2)cc1. The Morgan fingerprint density at radius 3 is 2.40 bits per heavy atom. The minimum absolute atomic E-state index is 0.333. The molecule has 20 heavy (non-hydrogen) atoms. The van der Waals surface area contributed by atoms with E-state index < -0.39 is 6.10 Å². The van der Waals surface area contributed by atoms with Crippen LogP contribution in [0.4, 0.5) is 0 Å². The Morgan fingerprint density at radius 1 is 1.05 bits per heavy atom. The summed E-state index contributed by atoms with van der Waals surface area (Å²) in [5, 5.41) is 10.00. The van der Waals surface area contributed by atoms with E-state index in [1.807, 2.05) is 54.6 Å². The van der Waals surface area contributed by atoms with E-state index in [2.05, 4.69) is 5.48 Å². The second-order valence-corrected chi connectivity index (χ2v) is 4.41. The summed E-state index contributed by atoms with van der Waals surface area (Å²) < 4.78 is 5.07. The molecule has 0 heterocycles. The van der Waals surface area contributed by atoms with Crippen molar-refractivity contribution in [2.45, 2.75) is 12.7 Å².